The predicted octanol–water partition coefficient (Wildman–Crippen LogP) is 2.36. The van der Waals surface area contributed by atoms with Crippen LogP contribution < -0.4 is 19.9 Å². The van der Waals surface area contributed by atoms with E-state index in [0.29, 0.717) is 6.04 Å². The van der Waals surface area contributed by atoms with Gasteiger partial charge in [0.25, 0.3) is 0 Å². The molecule has 2 heterocycles. The van der Waals surface area contributed by atoms with Crippen LogP contribution in [0.15, 0.2) is 18.2 Å². The van der Waals surface area contributed by atoms with E-state index in [-0.39, 0.29) is 6.03 Å². The minimum Gasteiger partial charge on any atom is -0.489 e. The second kappa shape index (κ2) is 5.13. The molecule has 5 heteroatoms. The van der Waals surface area contributed by atoms with E-state index in [0.717, 1.165) is 56.2 Å². The Morgan fingerprint density at radius 3 is 2.90 bits per heavy atom. The zero-order valence-corrected chi connectivity index (χ0v) is 12.2. The summed E-state index contributed by atoms with van der Waals surface area (Å²) in [7, 11) is 0. The van der Waals surface area contributed by atoms with E-state index in [1.807, 2.05) is 23.1 Å². The summed E-state index contributed by atoms with van der Waals surface area (Å²) in [5, 5.41) is 3.19. The number of nitrogens with one attached hydrogen (secondary N) is 1. The van der Waals surface area contributed by atoms with E-state index in [1.54, 1.807) is 0 Å². The normalized spacial score (nSPS) is 21.0. The van der Waals surface area contributed by atoms with Gasteiger partial charge in [0.15, 0.2) is 0 Å². The van der Waals surface area contributed by atoms with Crippen LogP contribution in [0.1, 0.15) is 25.7 Å². The Morgan fingerprint density at radius 2 is 2.05 bits per heavy atom. The Bertz CT molecular complexity index is 554. The van der Waals surface area contributed by atoms with Gasteiger partial charge in [-0.3, -0.25) is 4.90 Å². The van der Waals surface area contributed by atoms with E-state index in [1.165, 1.54) is 12.8 Å². The molecular weight excluding hydrogens is 266 g/mol. The zero-order valence-electron chi connectivity index (χ0n) is 12.2. The molecule has 1 N–H and O–H groups in total. The van der Waals surface area contributed by atoms with Gasteiger partial charge in [-0.05, 0) is 25.0 Å². The maximum absolute atomic E-state index is 12.6. The van der Waals surface area contributed by atoms with Crippen molar-refractivity contribution in [3.05, 3.63) is 18.2 Å². The summed E-state index contributed by atoms with van der Waals surface area (Å²) < 4.78 is 5.73. The van der Waals surface area contributed by atoms with E-state index in [4.69, 9.17) is 4.74 Å². The molecule has 1 aliphatic carbocycles. The molecular formula is C16H21N3O2. The second-order valence-electron chi connectivity index (χ2n) is 6.04. The quantitative estimate of drug-likeness (QED) is 0.862. The van der Waals surface area contributed by atoms with E-state index < -0.39 is 0 Å². The minimum absolute atomic E-state index is 0.0422. The predicted molar refractivity (Wildman–Crippen MR) is 82.3 cm³/mol. The van der Waals surface area contributed by atoms with Crippen LogP contribution in [0.2, 0.25) is 0 Å². The molecule has 1 fully saturated rings. The fourth-order valence-electron chi connectivity index (χ4n) is 3.64. The Labute approximate surface area is 124 Å². The lowest BCUT2D eigenvalue weighted by atomic mass is 10.1. The fourth-order valence-corrected chi connectivity index (χ4v) is 3.64. The molecule has 4 rings (SSSR count). The first-order valence-corrected chi connectivity index (χ1v) is 7.92. The Balaban J connectivity index is 1.61. The summed E-state index contributed by atoms with van der Waals surface area (Å²) in [5.41, 5.74) is 2.06. The van der Waals surface area contributed by atoms with Crippen molar-refractivity contribution >= 4 is 17.4 Å². The average Bonchev–Trinajstić information content (AvgIpc) is 3.01. The molecule has 5 nitrogen and oxygen atoms in total. The summed E-state index contributed by atoms with van der Waals surface area (Å²) in [6.45, 7) is 3.26. The van der Waals surface area contributed by atoms with Gasteiger partial charge < -0.3 is 15.0 Å². The topological polar surface area (TPSA) is 44.8 Å². The molecule has 0 aromatic heterocycles. The summed E-state index contributed by atoms with van der Waals surface area (Å²) in [6, 6.07) is 6.38. The molecule has 1 saturated carbocycles. The number of amides is 2. The number of rotatable bonds is 1. The number of nitrogens with zero attached hydrogens (tertiary/aromatic N) is 2. The summed E-state index contributed by atoms with van der Waals surface area (Å²) in [5.74, 6) is 0.900. The van der Waals surface area contributed by atoms with Crippen molar-refractivity contribution in [2.24, 2.45) is 0 Å². The first-order chi connectivity index (χ1) is 10.3. The summed E-state index contributed by atoms with van der Waals surface area (Å²) >= 11 is 0. The molecule has 0 unspecified atom stereocenters. The summed E-state index contributed by atoms with van der Waals surface area (Å²) in [6.07, 6.45) is 4.68. The average molecular weight is 287 g/mol. The molecule has 3 aliphatic rings. The standard InChI is InChI=1S/C16H21N3O2/c20-16(17-12-4-1-2-5-12)19-9-8-18-10-11-21-14-7-3-6-13(19)15(14)18/h3,6-7,12H,1-2,4-5,8-11H2,(H,17,20). The van der Waals surface area contributed by atoms with Gasteiger partial charge in [0.2, 0.25) is 0 Å². The molecule has 1 aromatic carbocycles. The first-order valence-electron chi connectivity index (χ1n) is 7.92. The van der Waals surface area contributed by atoms with Gasteiger partial charge in [-0.1, -0.05) is 18.9 Å². The largest absolute Gasteiger partial charge is 0.489 e. The second-order valence-corrected chi connectivity index (χ2v) is 6.04. The lowest BCUT2D eigenvalue weighted by molar-refractivity contribution is 0.242. The van der Waals surface area contributed by atoms with Crippen molar-refractivity contribution in [3.8, 4) is 5.75 Å². The van der Waals surface area contributed by atoms with Crippen LogP contribution in [-0.4, -0.2) is 38.3 Å². The van der Waals surface area contributed by atoms with E-state index in [2.05, 4.69) is 10.2 Å². The van der Waals surface area contributed by atoms with Gasteiger partial charge in [-0.25, -0.2) is 4.79 Å². The molecule has 0 saturated heterocycles. The van der Waals surface area contributed by atoms with Crippen molar-refractivity contribution in [2.45, 2.75) is 31.7 Å². The number of hydrogen-bond donors (Lipinski definition) is 1. The van der Waals surface area contributed by atoms with Gasteiger partial charge in [0.1, 0.15) is 18.0 Å². The van der Waals surface area contributed by atoms with Gasteiger partial charge in [0.05, 0.1) is 12.2 Å². The number of anilines is 2. The highest BCUT2D eigenvalue weighted by atomic mass is 16.5. The van der Waals surface area contributed by atoms with Crippen LogP contribution in [0.5, 0.6) is 5.75 Å². The van der Waals surface area contributed by atoms with Gasteiger partial charge in [0, 0.05) is 19.1 Å². The van der Waals surface area contributed by atoms with Crippen molar-refractivity contribution in [3.63, 3.8) is 0 Å². The van der Waals surface area contributed by atoms with Crippen LogP contribution in [0.4, 0.5) is 16.2 Å². The fraction of sp³-hybridized carbons (Fsp3) is 0.562. The number of para-hydroxylation sites is 1. The molecule has 2 aliphatic heterocycles. The molecule has 21 heavy (non-hydrogen) atoms. The highest BCUT2D eigenvalue weighted by Crippen LogP contribution is 2.42. The highest BCUT2D eigenvalue weighted by Gasteiger charge is 2.32. The third-order valence-electron chi connectivity index (χ3n) is 4.72. The first kappa shape index (κ1) is 12.8. The van der Waals surface area contributed by atoms with Crippen molar-refractivity contribution in [2.75, 3.05) is 36.0 Å². The maximum atomic E-state index is 12.6. The number of carbonyl (C=O) groups is 1. The lowest BCUT2D eigenvalue weighted by Crippen LogP contribution is -2.51. The van der Waals surface area contributed by atoms with Crippen molar-refractivity contribution in [1.82, 2.24) is 5.32 Å². The molecule has 112 valence electrons. The SMILES string of the molecule is O=C(NC1CCCC1)N1CCN2CCOc3cccc1c32. The molecule has 0 atom stereocenters. The smallest absolute Gasteiger partial charge is 0.322 e. The van der Waals surface area contributed by atoms with Crippen molar-refractivity contribution < 1.29 is 9.53 Å². The van der Waals surface area contributed by atoms with E-state index in [9.17, 15) is 4.79 Å². The van der Waals surface area contributed by atoms with Gasteiger partial charge in [-0.15, -0.1) is 0 Å². The Hall–Kier alpha value is -1.91. The van der Waals surface area contributed by atoms with Crippen LogP contribution >= 0.6 is 0 Å². The monoisotopic (exact) mass is 287 g/mol. The van der Waals surface area contributed by atoms with Gasteiger partial charge >= 0.3 is 6.03 Å². The lowest BCUT2D eigenvalue weighted by Gasteiger charge is -2.41. The maximum Gasteiger partial charge on any atom is 0.322 e. The number of ether oxygens (including phenoxy) is 1. The minimum atomic E-state index is 0.0422. The molecule has 1 aromatic rings. The summed E-state index contributed by atoms with van der Waals surface area (Å²) in [4.78, 5) is 16.8. The third-order valence-corrected chi connectivity index (χ3v) is 4.72. The van der Waals surface area contributed by atoms with Crippen LogP contribution in [0, 0.1) is 0 Å². The molecule has 0 spiro atoms. The van der Waals surface area contributed by atoms with Gasteiger partial charge in [-0.2, -0.15) is 0 Å². The zero-order chi connectivity index (χ0) is 14.2. The molecule has 0 radical (unpaired) electrons. The molecule has 2 amide bonds. The highest BCUT2D eigenvalue weighted by molar-refractivity contribution is 5.98. The third kappa shape index (κ3) is 2.20. The Kier molecular flexibility index (Phi) is 3.13. The number of carbonyl (C=O) groups excluding carboxylic acids is 1. The number of benzene rings is 1. The molecule has 0 bridgehead atoms. The van der Waals surface area contributed by atoms with Crippen LogP contribution in [-0.2, 0) is 0 Å². The van der Waals surface area contributed by atoms with Crippen LogP contribution in [0.25, 0.3) is 0 Å². The van der Waals surface area contributed by atoms with Crippen LogP contribution in [0.3, 0.4) is 0 Å². The number of hydrogen-bond acceptors (Lipinski definition) is 3. The van der Waals surface area contributed by atoms with Crippen molar-refractivity contribution in [1.29, 1.82) is 0 Å². The van der Waals surface area contributed by atoms with E-state index >= 15 is 0 Å². The Morgan fingerprint density at radius 1 is 1.19 bits per heavy atom. The number of urea groups is 1.